The van der Waals surface area contributed by atoms with E-state index in [9.17, 15) is 9.59 Å². The minimum Gasteiger partial charge on any atom is -0.459 e. The van der Waals surface area contributed by atoms with Gasteiger partial charge in [-0.25, -0.2) is 4.79 Å². The van der Waals surface area contributed by atoms with Crippen molar-refractivity contribution in [2.24, 2.45) is 11.7 Å². The molecule has 0 aliphatic carbocycles. The summed E-state index contributed by atoms with van der Waals surface area (Å²) in [4.78, 5) is 23.6. The Morgan fingerprint density at radius 1 is 1.14 bits per heavy atom. The summed E-state index contributed by atoms with van der Waals surface area (Å²) in [5.41, 5.74) is 6.88. The number of carbonyl (C=O) groups is 2. The van der Waals surface area contributed by atoms with Crippen LogP contribution in [0.5, 0.6) is 0 Å². The van der Waals surface area contributed by atoms with Crippen LogP contribution in [-0.4, -0.2) is 24.0 Å². The van der Waals surface area contributed by atoms with Gasteiger partial charge in [-0.2, -0.15) is 0 Å². The lowest BCUT2D eigenvalue weighted by Gasteiger charge is -2.14. The average Bonchev–Trinajstić information content (AvgIpc) is 2.37. The van der Waals surface area contributed by atoms with E-state index in [1.165, 1.54) is 0 Å². The van der Waals surface area contributed by atoms with Crippen molar-refractivity contribution in [2.75, 3.05) is 5.32 Å². The molecule has 0 saturated carbocycles. The van der Waals surface area contributed by atoms with Gasteiger partial charge in [0.25, 0.3) is 0 Å². The molecule has 1 amide bonds. The maximum absolute atomic E-state index is 11.9. The van der Waals surface area contributed by atoms with Crippen LogP contribution in [-0.2, 0) is 9.53 Å². The number of hydrogen-bond donors (Lipinski definition) is 2. The molecule has 0 saturated heterocycles. The number of carbonyl (C=O) groups excluding carboxylic acids is 2. The van der Waals surface area contributed by atoms with Gasteiger partial charge >= 0.3 is 5.97 Å². The summed E-state index contributed by atoms with van der Waals surface area (Å²) in [6.45, 7) is 7.62. The minimum absolute atomic E-state index is 0.161. The largest absolute Gasteiger partial charge is 0.459 e. The summed E-state index contributed by atoms with van der Waals surface area (Å²) >= 11 is 0. The molecule has 1 aromatic carbocycles. The van der Waals surface area contributed by atoms with E-state index in [1.807, 2.05) is 13.8 Å². The molecule has 0 spiro atoms. The normalized spacial score (nSPS) is 12.3. The highest BCUT2D eigenvalue weighted by Gasteiger charge is 2.15. The van der Waals surface area contributed by atoms with Gasteiger partial charge in [0, 0.05) is 5.69 Å². The van der Waals surface area contributed by atoms with E-state index in [4.69, 9.17) is 10.5 Å². The van der Waals surface area contributed by atoms with Crippen LogP contribution in [0.15, 0.2) is 24.3 Å². The maximum atomic E-state index is 11.9. The number of hydrogen-bond acceptors (Lipinski definition) is 4. The van der Waals surface area contributed by atoms with Gasteiger partial charge in [-0.15, -0.1) is 0 Å². The molecule has 0 unspecified atom stereocenters. The van der Waals surface area contributed by atoms with E-state index in [0.29, 0.717) is 23.6 Å². The number of rotatable bonds is 6. The van der Waals surface area contributed by atoms with Crippen LogP contribution in [0.25, 0.3) is 0 Å². The van der Waals surface area contributed by atoms with Gasteiger partial charge in [0.2, 0.25) is 5.91 Å². The van der Waals surface area contributed by atoms with Crippen molar-refractivity contribution in [1.82, 2.24) is 0 Å². The average molecular weight is 292 g/mol. The van der Waals surface area contributed by atoms with Crippen LogP contribution in [0, 0.1) is 5.92 Å². The topological polar surface area (TPSA) is 81.4 Å². The maximum Gasteiger partial charge on any atom is 0.338 e. The summed E-state index contributed by atoms with van der Waals surface area (Å²) in [7, 11) is 0. The Morgan fingerprint density at radius 2 is 1.71 bits per heavy atom. The molecule has 0 heterocycles. The third-order valence-electron chi connectivity index (χ3n) is 2.79. The molecular formula is C16H24N2O3. The fraction of sp³-hybridized carbons (Fsp3) is 0.500. The van der Waals surface area contributed by atoms with Crippen molar-refractivity contribution < 1.29 is 14.3 Å². The zero-order valence-corrected chi connectivity index (χ0v) is 13.1. The standard InChI is InChI=1S/C16H24N2O3/c1-10(2)9-14(17)15(19)18-13-7-5-12(6-8-13)16(20)21-11(3)4/h5-8,10-11,14H,9,17H2,1-4H3,(H,18,19)/t14-/m0/s1. The first kappa shape index (κ1) is 17.2. The first-order valence-electron chi connectivity index (χ1n) is 7.17. The number of nitrogens with two attached hydrogens (primary N) is 1. The molecule has 21 heavy (non-hydrogen) atoms. The van der Waals surface area contributed by atoms with Crippen molar-refractivity contribution in [1.29, 1.82) is 0 Å². The summed E-state index contributed by atoms with van der Waals surface area (Å²) in [5, 5.41) is 2.74. The first-order chi connectivity index (χ1) is 9.79. The number of amides is 1. The lowest BCUT2D eigenvalue weighted by molar-refractivity contribution is -0.117. The van der Waals surface area contributed by atoms with Gasteiger partial charge in [0.1, 0.15) is 0 Å². The van der Waals surface area contributed by atoms with E-state index in [0.717, 1.165) is 0 Å². The molecule has 1 atom stereocenters. The highest BCUT2D eigenvalue weighted by atomic mass is 16.5. The van der Waals surface area contributed by atoms with E-state index in [1.54, 1.807) is 38.1 Å². The van der Waals surface area contributed by atoms with Gasteiger partial charge in [-0.1, -0.05) is 13.8 Å². The van der Waals surface area contributed by atoms with Gasteiger partial charge in [-0.3, -0.25) is 4.79 Å². The van der Waals surface area contributed by atoms with Crippen LogP contribution in [0.3, 0.4) is 0 Å². The number of ether oxygens (including phenoxy) is 1. The predicted molar refractivity (Wildman–Crippen MR) is 83.1 cm³/mol. The summed E-state index contributed by atoms with van der Waals surface area (Å²) in [6, 6.07) is 6.03. The molecule has 116 valence electrons. The summed E-state index contributed by atoms with van der Waals surface area (Å²) < 4.78 is 5.09. The van der Waals surface area contributed by atoms with Crippen LogP contribution in [0.1, 0.15) is 44.5 Å². The van der Waals surface area contributed by atoms with E-state index < -0.39 is 6.04 Å². The monoisotopic (exact) mass is 292 g/mol. The molecule has 0 aliphatic heterocycles. The molecule has 5 nitrogen and oxygen atoms in total. The molecule has 5 heteroatoms. The van der Waals surface area contributed by atoms with Crippen molar-refractivity contribution in [3.8, 4) is 0 Å². The lowest BCUT2D eigenvalue weighted by Crippen LogP contribution is -2.36. The lowest BCUT2D eigenvalue weighted by atomic mass is 10.0. The molecule has 1 aromatic rings. The highest BCUT2D eigenvalue weighted by Crippen LogP contribution is 2.12. The predicted octanol–water partition coefficient (Wildman–Crippen LogP) is 2.56. The summed E-state index contributed by atoms with van der Waals surface area (Å²) in [6.07, 6.45) is 0.468. The molecule has 1 rings (SSSR count). The Hall–Kier alpha value is -1.88. The second-order valence-electron chi connectivity index (χ2n) is 5.76. The van der Waals surface area contributed by atoms with E-state index in [-0.39, 0.29) is 18.0 Å². The van der Waals surface area contributed by atoms with Crippen molar-refractivity contribution in [3.05, 3.63) is 29.8 Å². The molecule has 0 fully saturated rings. The molecule has 0 aromatic heterocycles. The van der Waals surface area contributed by atoms with Crippen LogP contribution >= 0.6 is 0 Å². The fourth-order valence-electron chi connectivity index (χ4n) is 1.82. The Bertz CT molecular complexity index is 481. The van der Waals surface area contributed by atoms with E-state index >= 15 is 0 Å². The van der Waals surface area contributed by atoms with Crippen LogP contribution < -0.4 is 11.1 Å². The second-order valence-corrected chi connectivity index (χ2v) is 5.76. The number of nitrogens with one attached hydrogen (secondary N) is 1. The van der Waals surface area contributed by atoms with Crippen molar-refractivity contribution in [2.45, 2.75) is 46.3 Å². The first-order valence-corrected chi connectivity index (χ1v) is 7.17. The highest BCUT2D eigenvalue weighted by molar-refractivity contribution is 5.95. The van der Waals surface area contributed by atoms with Gasteiger partial charge < -0.3 is 15.8 Å². The van der Waals surface area contributed by atoms with Gasteiger partial charge in [0.05, 0.1) is 17.7 Å². The third kappa shape index (κ3) is 5.95. The Kier molecular flexibility index (Phi) is 6.37. The SMILES string of the molecule is CC(C)C[C@H](N)C(=O)Nc1ccc(C(=O)OC(C)C)cc1. The smallest absolute Gasteiger partial charge is 0.338 e. The molecule has 0 bridgehead atoms. The van der Waals surface area contributed by atoms with Gasteiger partial charge in [0.15, 0.2) is 0 Å². The molecule has 0 radical (unpaired) electrons. The molecular weight excluding hydrogens is 268 g/mol. The minimum atomic E-state index is -0.532. The summed E-state index contributed by atoms with van der Waals surface area (Å²) in [5.74, 6) is -0.237. The number of esters is 1. The Labute approximate surface area is 125 Å². The molecule has 3 N–H and O–H groups in total. The quantitative estimate of drug-likeness (QED) is 0.790. The number of anilines is 1. The van der Waals surface area contributed by atoms with Crippen LogP contribution in [0.4, 0.5) is 5.69 Å². The zero-order valence-electron chi connectivity index (χ0n) is 13.1. The van der Waals surface area contributed by atoms with Gasteiger partial charge in [-0.05, 0) is 50.5 Å². The van der Waals surface area contributed by atoms with E-state index in [2.05, 4.69) is 5.32 Å². The third-order valence-corrected chi connectivity index (χ3v) is 2.79. The zero-order chi connectivity index (χ0) is 16.0. The fourth-order valence-corrected chi connectivity index (χ4v) is 1.82. The Morgan fingerprint density at radius 3 is 2.19 bits per heavy atom. The second kappa shape index (κ2) is 7.78. The van der Waals surface area contributed by atoms with Crippen molar-refractivity contribution >= 4 is 17.6 Å². The Balaban J connectivity index is 2.62. The van der Waals surface area contributed by atoms with Crippen molar-refractivity contribution in [3.63, 3.8) is 0 Å². The number of benzene rings is 1. The van der Waals surface area contributed by atoms with Crippen LogP contribution in [0.2, 0.25) is 0 Å². The molecule has 0 aliphatic rings.